The highest BCUT2D eigenvalue weighted by Crippen LogP contribution is 2.32. The van der Waals surface area contributed by atoms with E-state index in [-0.39, 0.29) is 5.91 Å². The highest BCUT2D eigenvalue weighted by Gasteiger charge is 2.43. The molecule has 0 aromatic heterocycles. The molecule has 1 N–H and O–H groups in total. The molecule has 1 aliphatic rings. The topological polar surface area (TPSA) is 40.5 Å². The van der Waals surface area contributed by atoms with Crippen LogP contribution in [0.1, 0.15) is 24.0 Å². The molecule has 0 unspecified atom stereocenters. The third-order valence-corrected chi connectivity index (χ3v) is 4.09. The van der Waals surface area contributed by atoms with Crippen LogP contribution in [0.15, 0.2) is 60.7 Å². The van der Waals surface area contributed by atoms with E-state index in [0.29, 0.717) is 11.1 Å². The van der Waals surface area contributed by atoms with Gasteiger partial charge in [-0.2, -0.15) is 0 Å². The average molecular weight is 281 g/mol. The smallest absolute Gasteiger partial charge is 0.263 e. The summed E-state index contributed by atoms with van der Waals surface area (Å²) < 4.78 is 0. The maximum atomic E-state index is 12.9. The number of carbonyl (C=O) groups is 1. The van der Waals surface area contributed by atoms with Crippen molar-refractivity contribution in [3.8, 4) is 0 Å². The third kappa shape index (κ3) is 2.45. The molecule has 1 heterocycles. The van der Waals surface area contributed by atoms with Gasteiger partial charge in [-0.1, -0.05) is 60.7 Å². The Kier molecular flexibility index (Phi) is 3.76. The standard InChI is InChI=1S/C18H19NO2/c20-17(19-13-7-8-14-19)18(21,15-9-3-1-4-10-15)16-11-5-2-6-12-16/h1-6,9-12,21H,7-8,13-14H2. The summed E-state index contributed by atoms with van der Waals surface area (Å²) in [6.45, 7) is 1.45. The first kappa shape index (κ1) is 13.8. The molecule has 1 fully saturated rings. The van der Waals surface area contributed by atoms with E-state index in [0.717, 1.165) is 25.9 Å². The van der Waals surface area contributed by atoms with Crippen LogP contribution in [0, 0.1) is 0 Å². The monoisotopic (exact) mass is 281 g/mol. The van der Waals surface area contributed by atoms with Gasteiger partial charge in [0.15, 0.2) is 5.60 Å². The average Bonchev–Trinajstić information content (AvgIpc) is 3.09. The van der Waals surface area contributed by atoms with Crippen LogP contribution in [0.2, 0.25) is 0 Å². The van der Waals surface area contributed by atoms with Crippen LogP contribution in [0.4, 0.5) is 0 Å². The van der Waals surface area contributed by atoms with Gasteiger partial charge in [-0.25, -0.2) is 0 Å². The van der Waals surface area contributed by atoms with Crippen molar-refractivity contribution in [1.29, 1.82) is 0 Å². The van der Waals surface area contributed by atoms with Crippen LogP contribution in [0.3, 0.4) is 0 Å². The van der Waals surface area contributed by atoms with Crippen molar-refractivity contribution in [1.82, 2.24) is 4.90 Å². The summed E-state index contributed by atoms with van der Waals surface area (Å²) in [4.78, 5) is 14.7. The number of rotatable bonds is 3. The van der Waals surface area contributed by atoms with Crippen LogP contribution in [-0.2, 0) is 10.4 Å². The van der Waals surface area contributed by atoms with Crippen LogP contribution >= 0.6 is 0 Å². The largest absolute Gasteiger partial charge is 0.372 e. The van der Waals surface area contributed by atoms with Gasteiger partial charge in [-0.3, -0.25) is 4.79 Å². The molecule has 21 heavy (non-hydrogen) atoms. The molecule has 0 aliphatic carbocycles. The first-order valence-corrected chi connectivity index (χ1v) is 7.36. The molecule has 0 spiro atoms. The lowest BCUT2D eigenvalue weighted by atomic mass is 9.85. The molecule has 0 bridgehead atoms. The van der Waals surface area contributed by atoms with Crippen molar-refractivity contribution in [2.24, 2.45) is 0 Å². The predicted molar refractivity (Wildman–Crippen MR) is 81.7 cm³/mol. The number of likely N-dealkylation sites (tertiary alicyclic amines) is 1. The van der Waals surface area contributed by atoms with Crippen LogP contribution in [0.25, 0.3) is 0 Å². The Hall–Kier alpha value is -2.13. The lowest BCUT2D eigenvalue weighted by Crippen LogP contribution is -2.46. The molecule has 108 valence electrons. The minimum atomic E-state index is -1.60. The first-order chi connectivity index (χ1) is 10.2. The lowest BCUT2D eigenvalue weighted by molar-refractivity contribution is -0.147. The maximum absolute atomic E-state index is 12.9. The lowest BCUT2D eigenvalue weighted by Gasteiger charge is -2.32. The Bertz CT molecular complexity index is 564. The molecule has 2 aromatic carbocycles. The molecule has 0 saturated carbocycles. The van der Waals surface area contributed by atoms with Gasteiger partial charge in [0.2, 0.25) is 0 Å². The number of nitrogens with zero attached hydrogens (tertiary/aromatic N) is 1. The third-order valence-electron chi connectivity index (χ3n) is 4.09. The maximum Gasteiger partial charge on any atom is 0.263 e. The van der Waals surface area contributed by atoms with Crippen LogP contribution in [-0.4, -0.2) is 29.0 Å². The van der Waals surface area contributed by atoms with Gasteiger partial charge >= 0.3 is 0 Å². The Morgan fingerprint density at radius 1 is 0.857 bits per heavy atom. The fourth-order valence-corrected chi connectivity index (χ4v) is 2.92. The zero-order valence-electron chi connectivity index (χ0n) is 11.9. The van der Waals surface area contributed by atoms with Crippen molar-refractivity contribution in [2.45, 2.75) is 18.4 Å². The van der Waals surface area contributed by atoms with Gasteiger partial charge in [0.25, 0.3) is 5.91 Å². The van der Waals surface area contributed by atoms with Crippen molar-refractivity contribution >= 4 is 5.91 Å². The molecule has 0 radical (unpaired) electrons. The quantitative estimate of drug-likeness (QED) is 0.939. The number of amides is 1. The van der Waals surface area contributed by atoms with Gasteiger partial charge in [-0.05, 0) is 24.0 Å². The highest BCUT2D eigenvalue weighted by atomic mass is 16.3. The van der Waals surface area contributed by atoms with Gasteiger partial charge in [0, 0.05) is 13.1 Å². The first-order valence-electron chi connectivity index (χ1n) is 7.36. The van der Waals surface area contributed by atoms with Crippen LogP contribution < -0.4 is 0 Å². The van der Waals surface area contributed by atoms with Crippen molar-refractivity contribution < 1.29 is 9.90 Å². The highest BCUT2D eigenvalue weighted by molar-refractivity contribution is 5.90. The fourth-order valence-electron chi connectivity index (χ4n) is 2.92. The summed E-state index contributed by atoms with van der Waals surface area (Å²) in [5, 5.41) is 11.3. The minimum Gasteiger partial charge on any atom is -0.372 e. The van der Waals surface area contributed by atoms with E-state index in [1.54, 1.807) is 29.2 Å². The fraction of sp³-hybridized carbons (Fsp3) is 0.278. The molecule has 2 aromatic rings. The van der Waals surface area contributed by atoms with E-state index >= 15 is 0 Å². The summed E-state index contributed by atoms with van der Waals surface area (Å²) in [7, 11) is 0. The summed E-state index contributed by atoms with van der Waals surface area (Å²) >= 11 is 0. The molecule has 1 aliphatic heterocycles. The minimum absolute atomic E-state index is 0.225. The van der Waals surface area contributed by atoms with E-state index in [1.165, 1.54) is 0 Å². The van der Waals surface area contributed by atoms with Crippen molar-refractivity contribution in [3.63, 3.8) is 0 Å². The molecule has 1 amide bonds. The van der Waals surface area contributed by atoms with Crippen molar-refractivity contribution in [3.05, 3.63) is 71.8 Å². The Morgan fingerprint density at radius 2 is 1.29 bits per heavy atom. The van der Waals surface area contributed by atoms with E-state index in [4.69, 9.17) is 0 Å². The normalized spacial score (nSPS) is 15.2. The van der Waals surface area contributed by atoms with Crippen molar-refractivity contribution in [2.75, 3.05) is 13.1 Å². The number of aliphatic hydroxyl groups is 1. The molecule has 0 atom stereocenters. The summed E-state index contributed by atoms with van der Waals surface area (Å²) in [5.41, 5.74) is -0.367. The van der Waals surface area contributed by atoms with E-state index in [2.05, 4.69) is 0 Å². The zero-order chi connectivity index (χ0) is 14.7. The van der Waals surface area contributed by atoms with E-state index in [1.807, 2.05) is 36.4 Å². The van der Waals surface area contributed by atoms with Crippen LogP contribution in [0.5, 0.6) is 0 Å². The number of hydrogen-bond donors (Lipinski definition) is 1. The molecule has 3 rings (SSSR count). The number of carbonyl (C=O) groups excluding carboxylic acids is 1. The van der Waals surface area contributed by atoms with Gasteiger partial charge in [-0.15, -0.1) is 0 Å². The van der Waals surface area contributed by atoms with Gasteiger partial charge in [0.1, 0.15) is 0 Å². The molecular weight excluding hydrogens is 262 g/mol. The summed E-state index contributed by atoms with van der Waals surface area (Å²) in [6, 6.07) is 18.4. The Morgan fingerprint density at radius 3 is 1.71 bits per heavy atom. The second-order valence-electron chi connectivity index (χ2n) is 5.44. The zero-order valence-corrected chi connectivity index (χ0v) is 11.9. The second kappa shape index (κ2) is 5.70. The predicted octanol–water partition coefficient (Wildman–Crippen LogP) is 2.54. The van der Waals surface area contributed by atoms with E-state index in [9.17, 15) is 9.90 Å². The molecule has 3 nitrogen and oxygen atoms in total. The number of benzene rings is 2. The number of hydrogen-bond acceptors (Lipinski definition) is 2. The summed E-state index contributed by atoms with van der Waals surface area (Å²) in [5.74, 6) is -0.225. The molecule has 3 heteroatoms. The van der Waals surface area contributed by atoms with Gasteiger partial charge in [0.05, 0.1) is 0 Å². The molecule has 1 saturated heterocycles. The Labute approximate surface area is 124 Å². The van der Waals surface area contributed by atoms with Gasteiger partial charge < -0.3 is 10.0 Å². The Balaban J connectivity index is 2.08. The summed E-state index contributed by atoms with van der Waals surface area (Å²) in [6.07, 6.45) is 2.01. The SMILES string of the molecule is O=C(N1CCCC1)C(O)(c1ccccc1)c1ccccc1. The molecular formula is C18H19NO2. The van der Waals surface area contributed by atoms with E-state index < -0.39 is 5.60 Å². The second-order valence-corrected chi connectivity index (χ2v) is 5.44.